The number of aromatic nitrogens is 3. The fourth-order valence-electron chi connectivity index (χ4n) is 3.60. The van der Waals surface area contributed by atoms with E-state index in [1.165, 1.54) is 6.42 Å². The van der Waals surface area contributed by atoms with Gasteiger partial charge in [0.2, 0.25) is 0 Å². The van der Waals surface area contributed by atoms with Gasteiger partial charge in [0.1, 0.15) is 11.6 Å². The highest BCUT2D eigenvalue weighted by Gasteiger charge is 2.22. The van der Waals surface area contributed by atoms with Crippen LogP contribution in [-0.2, 0) is 19.5 Å². The summed E-state index contributed by atoms with van der Waals surface area (Å²) in [5, 5.41) is 12.2. The van der Waals surface area contributed by atoms with Gasteiger partial charge in [0.05, 0.1) is 13.7 Å². The van der Waals surface area contributed by atoms with Crippen molar-refractivity contribution in [3.63, 3.8) is 0 Å². The van der Waals surface area contributed by atoms with Gasteiger partial charge in [-0.3, -0.25) is 4.90 Å². The minimum Gasteiger partial charge on any atom is -0.497 e. The molecule has 3 aromatic rings. The quantitative estimate of drug-likeness (QED) is 0.630. The normalized spacial score (nSPS) is 13.3. The molecule has 0 aliphatic carbocycles. The molecule has 156 valence electrons. The molecule has 2 aromatic carbocycles. The van der Waals surface area contributed by atoms with Crippen molar-refractivity contribution in [2.75, 3.05) is 17.3 Å². The van der Waals surface area contributed by atoms with Crippen LogP contribution in [0.15, 0.2) is 48.5 Å². The zero-order valence-electron chi connectivity index (χ0n) is 16.8. The molecule has 8 heteroatoms. The number of methoxy groups -OCH3 is 1. The topological polar surface area (TPSA) is 72.3 Å². The fourth-order valence-corrected chi connectivity index (χ4v) is 3.79. The Labute approximate surface area is 180 Å². The van der Waals surface area contributed by atoms with E-state index in [0.717, 1.165) is 48.9 Å². The van der Waals surface area contributed by atoms with Gasteiger partial charge in [-0.2, -0.15) is 0 Å². The number of hydrogen-bond acceptors (Lipinski definition) is 4. The van der Waals surface area contributed by atoms with Crippen LogP contribution in [0.25, 0.3) is 0 Å². The largest absolute Gasteiger partial charge is 0.497 e. The Morgan fingerprint density at radius 1 is 1.17 bits per heavy atom. The van der Waals surface area contributed by atoms with E-state index < -0.39 is 0 Å². The van der Waals surface area contributed by atoms with Crippen LogP contribution in [-0.4, -0.2) is 27.9 Å². The molecule has 0 unspecified atom stereocenters. The van der Waals surface area contributed by atoms with Crippen LogP contribution in [0.5, 0.6) is 5.75 Å². The number of anilines is 2. The third-order valence-electron chi connectivity index (χ3n) is 5.19. The van der Waals surface area contributed by atoms with Crippen molar-refractivity contribution in [3.05, 3.63) is 65.2 Å². The number of halogens is 1. The minimum atomic E-state index is -0.270. The molecule has 0 fully saturated rings. The molecule has 1 aliphatic rings. The van der Waals surface area contributed by atoms with E-state index in [1.807, 2.05) is 24.3 Å². The Morgan fingerprint density at radius 2 is 2.00 bits per heavy atom. The molecule has 2 amide bonds. The highest BCUT2D eigenvalue weighted by atomic mass is 35.5. The maximum absolute atomic E-state index is 13.2. The Morgan fingerprint density at radius 3 is 2.77 bits per heavy atom. The molecule has 1 aliphatic heterocycles. The van der Waals surface area contributed by atoms with Crippen LogP contribution in [0.1, 0.15) is 30.9 Å². The molecule has 0 radical (unpaired) electrons. The predicted molar refractivity (Wildman–Crippen MR) is 117 cm³/mol. The number of benzene rings is 2. The fraction of sp³-hybridized carbons (Fsp3) is 0.318. The summed E-state index contributed by atoms with van der Waals surface area (Å²) in [6.45, 7) is 1.19. The molecule has 0 spiro atoms. The average molecular weight is 426 g/mol. The lowest BCUT2D eigenvalue weighted by Crippen LogP contribution is -2.35. The second-order valence-electron chi connectivity index (χ2n) is 7.22. The van der Waals surface area contributed by atoms with Crippen molar-refractivity contribution >= 4 is 29.0 Å². The lowest BCUT2D eigenvalue weighted by molar-refractivity contribution is 0.256. The van der Waals surface area contributed by atoms with Crippen LogP contribution in [0, 0.1) is 0 Å². The van der Waals surface area contributed by atoms with E-state index in [1.54, 1.807) is 36.3 Å². The van der Waals surface area contributed by atoms with Crippen LogP contribution in [0.2, 0.25) is 5.02 Å². The predicted octanol–water partition coefficient (Wildman–Crippen LogP) is 4.91. The van der Waals surface area contributed by atoms with Gasteiger partial charge in [0.25, 0.3) is 0 Å². The number of carbonyl (C=O) groups excluding carboxylic acids is 1. The maximum Gasteiger partial charge on any atom is 0.326 e. The monoisotopic (exact) mass is 425 g/mol. The summed E-state index contributed by atoms with van der Waals surface area (Å²) >= 11 is 6.07. The van der Waals surface area contributed by atoms with Gasteiger partial charge >= 0.3 is 6.03 Å². The molecular formula is C22H24ClN5O2. The Kier molecular flexibility index (Phi) is 6.18. The molecule has 30 heavy (non-hydrogen) atoms. The Balaban J connectivity index is 1.63. The van der Waals surface area contributed by atoms with E-state index >= 15 is 0 Å². The molecule has 0 bridgehead atoms. The number of ether oxygens (including phenoxy) is 1. The van der Waals surface area contributed by atoms with E-state index in [-0.39, 0.29) is 6.03 Å². The second kappa shape index (κ2) is 9.17. The molecule has 0 atom stereocenters. The number of aryl methyl sites for hydroxylation is 1. The zero-order chi connectivity index (χ0) is 20.9. The first kappa shape index (κ1) is 20.2. The molecule has 1 aromatic heterocycles. The first-order valence-corrected chi connectivity index (χ1v) is 10.4. The SMILES string of the molecule is COc1ccc(N(Cc2nnc3n2CCCCC3)C(=O)Nc2cccc(Cl)c2)cc1. The van der Waals surface area contributed by atoms with Gasteiger partial charge in [0, 0.05) is 29.4 Å². The molecule has 4 rings (SSSR count). The van der Waals surface area contributed by atoms with Crippen molar-refractivity contribution in [3.8, 4) is 5.75 Å². The first-order chi connectivity index (χ1) is 14.6. The van der Waals surface area contributed by atoms with Crippen molar-refractivity contribution < 1.29 is 9.53 Å². The van der Waals surface area contributed by atoms with E-state index in [0.29, 0.717) is 17.3 Å². The van der Waals surface area contributed by atoms with Crippen LogP contribution in [0.4, 0.5) is 16.2 Å². The number of fused-ring (bicyclic) bond motifs is 1. The summed E-state index contributed by atoms with van der Waals surface area (Å²) in [5.74, 6) is 2.50. The Bertz CT molecular complexity index is 1020. The van der Waals surface area contributed by atoms with Crippen molar-refractivity contribution in [2.45, 2.75) is 38.8 Å². The zero-order valence-corrected chi connectivity index (χ0v) is 17.6. The summed E-state index contributed by atoms with van der Waals surface area (Å²) in [6, 6.07) is 14.2. The maximum atomic E-state index is 13.2. The molecule has 2 heterocycles. The molecule has 7 nitrogen and oxygen atoms in total. The molecule has 0 saturated heterocycles. The number of nitrogens with one attached hydrogen (secondary N) is 1. The highest BCUT2D eigenvalue weighted by molar-refractivity contribution is 6.30. The number of nitrogens with zero attached hydrogens (tertiary/aromatic N) is 4. The Hall–Kier alpha value is -3.06. The summed E-state index contributed by atoms with van der Waals surface area (Å²) in [7, 11) is 1.62. The highest BCUT2D eigenvalue weighted by Crippen LogP contribution is 2.24. The van der Waals surface area contributed by atoms with Crippen LogP contribution < -0.4 is 15.0 Å². The van der Waals surface area contributed by atoms with Gasteiger partial charge in [-0.1, -0.05) is 24.1 Å². The van der Waals surface area contributed by atoms with Crippen LogP contribution >= 0.6 is 11.6 Å². The lowest BCUT2D eigenvalue weighted by atomic mass is 10.2. The van der Waals surface area contributed by atoms with Gasteiger partial charge in [-0.15, -0.1) is 10.2 Å². The van der Waals surface area contributed by atoms with Crippen molar-refractivity contribution in [2.24, 2.45) is 0 Å². The van der Waals surface area contributed by atoms with Gasteiger partial charge < -0.3 is 14.6 Å². The summed E-state index contributed by atoms with van der Waals surface area (Å²) in [4.78, 5) is 14.9. The third kappa shape index (κ3) is 4.57. The number of urea groups is 1. The van der Waals surface area contributed by atoms with Gasteiger partial charge in [-0.25, -0.2) is 4.79 Å². The minimum absolute atomic E-state index is 0.270. The standard InChI is InChI=1S/C22H24ClN5O2/c1-30-19-11-9-18(10-12-19)28(22(29)24-17-7-5-6-16(23)14-17)15-21-26-25-20-8-3-2-4-13-27(20)21/h5-7,9-12,14H,2-4,8,13,15H2,1H3,(H,24,29). The molecule has 0 saturated carbocycles. The smallest absolute Gasteiger partial charge is 0.326 e. The van der Waals surface area contributed by atoms with Crippen LogP contribution in [0.3, 0.4) is 0 Å². The summed E-state index contributed by atoms with van der Waals surface area (Å²) in [5.41, 5.74) is 1.37. The lowest BCUT2D eigenvalue weighted by Gasteiger charge is -2.23. The van der Waals surface area contributed by atoms with E-state index in [9.17, 15) is 4.79 Å². The number of hydrogen-bond donors (Lipinski definition) is 1. The van der Waals surface area contributed by atoms with Crippen molar-refractivity contribution in [1.82, 2.24) is 14.8 Å². The third-order valence-corrected chi connectivity index (χ3v) is 5.43. The first-order valence-electron chi connectivity index (χ1n) is 10.0. The van der Waals surface area contributed by atoms with E-state index in [2.05, 4.69) is 20.1 Å². The average Bonchev–Trinajstić information content (AvgIpc) is 2.97. The summed E-state index contributed by atoms with van der Waals surface area (Å²) < 4.78 is 7.40. The summed E-state index contributed by atoms with van der Waals surface area (Å²) in [6.07, 6.45) is 4.31. The molecular weight excluding hydrogens is 402 g/mol. The number of carbonyl (C=O) groups is 1. The number of rotatable bonds is 5. The second-order valence-corrected chi connectivity index (χ2v) is 7.66. The van der Waals surface area contributed by atoms with E-state index in [4.69, 9.17) is 16.3 Å². The van der Waals surface area contributed by atoms with Crippen molar-refractivity contribution in [1.29, 1.82) is 0 Å². The molecule has 1 N–H and O–H groups in total. The van der Waals surface area contributed by atoms with Gasteiger partial charge in [0.15, 0.2) is 5.82 Å². The number of amides is 2. The van der Waals surface area contributed by atoms with Gasteiger partial charge in [-0.05, 0) is 55.3 Å².